The van der Waals surface area contributed by atoms with E-state index < -0.39 is 0 Å². The molecule has 2 atom stereocenters. The Labute approximate surface area is 105 Å². The molecular weight excluding hydrogens is 208 g/mol. The van der Waals surface area contributed by atoms with Crippen LogP contribution in [0.25, 0.3) is 0 Å². The van der Waals surface area contributed by atoms with Gasteiger partial charge < -0.3 is 5.32 Å². The van der Waals surface area contributed by atoms with Crippen molar-refractivity contribution in [2.45, 2.75) is 38.8 Å². The van der Waals surface area contributed by atoms with Crippen LogP contribution in [0.4, 0.5) is 0 Å². The summed E-state index contributed by atoms with van der Waals surface area (Å²) in [4.78, 5) is 2.62. The molecule has 94 valence electrons. The summed E-state index contributed by atoms with van der Waals surface area (Å²) < 4.78 is 0. The number of hydrogen-bond donors (Lipinski definition) is 1. The highest BCUT2D eigenvalue weighted by Crippen LogP contribution is 2.19. The Morgan fingerprint density at radius 1 is 1.35 bits per heavy atom. The van der Waals surface area contributed by atoms with Crippen LogP contribution in [0.3, 0.4) is 0 Å². The summed E-state index contributed by atoms with van der Waals surface area (Å²) in [6.45, 7) is 8.12. The van der Waals surface area contributed by atoms with Crippen LogP contribution in [0.1, 0.15) is 38.3 Å². The van der Waals surface area contributed by atoms with Crippen LogP contribution in [0.15, 0.2) is 30.3 Å². The zero-order valence-corrected chi connectivity index (χ0v) is 11.0. The largest absolute Gasteiger partial charge is 0.309 e. The summed E-state index contributed by atoms with van der Waals surface area (Å²) in [7, 11) is 0. The molecule has 1 aliphatic heterocycles. The van der Waals surface area contributed by atoms with E-state index in [1.807, 2.05) is 0 Å². The lowest BCUT2D eigenvalue weighted by molar-refractivity contribution is 0.201. The normalized spacial score (nSPS) is 24.2. The van der Waals surface area contributed by atoms with E-state index in [1.54, 1.807) is 0 Å². The maximum absolute atomic E-state index is 3.67. The third-order valence-corrected chi connectivity index (χ3v) is 3.85. The first-order valence-corrected chi connectivity index (χ1v) is 6.83. The number of benzene rings is 1. The summed E-state index contributed by atoms with van der Waals surface area (Å²) >= 11 is 0. The molecule has 0 amide bonds. The van der Waals surface area contributed by atoms with Crippen LogP contribution < -0.4 is 5.32 Å². The lowest BCUT2D eigenvalue weighted by Gasteiger charge is -2.29. The van der Waals surface area contributed by atoms with Gasteiger partial charge in [-0.05, 0) is 38.4 Å². The highest BCUT2D eigenvalue weighted by molar-refractivity contribution is 5.19. The van der Waals surface area contributed by atoms with Crippen molar-refractivity contribution in [2.75, 3.05) is 19.6 Å². The van der Waals surface area contributed by atoms with E-state index in [1.165, 1.54) is 24.9 Å². The first-order chi connectivity index (χ1) is 8.31. The standard InChI is InChI=1S/C15H24N2/c1-3-13(2)17-11-7-10-16-15(12-17)14-8-5-4-6-9-14/h4-6,8-9,13,15-16H,3,7,10-12H2,1-2H3. The molecule has 2 unspecified atom stereocenters. The van der Waals surface area contributed by atoms with Gasteiger partial charge in [0.05, 0.1) is 0 Å². The molecule has 1 N–H and O–H groups in total. The van der Waals surface area contributed by atoms with E-state index in [9.17, 15) is 0 Å². The fraction of sp³-hybridized carbons (Fsp3) is 0.600. The highest BCUT2D eigenvalue weighted by atomic mass is 15.2. The first kappa shape index (κ1) is 12.6. The van der Waals surface area contributed by atoms with Gasteiger partial charge in [0.1, 0.15) is 0 Å². The summed E-state index contributed by atoms with van der Waals surface area (Å²) in [5.41, 5.74) is 1.42. The maximum Gasteiger partial charge on any atom is 0.0449 e. The first-order valence-electron chi connectivity index (χ1n) is 6.83. The van der Waals surface area contributed by atoms with Gasteiger partial charge in [-0.25, -0.2) is 0 Å². The Kier molecular flexibility index (Phi) is 4.57. The zero-order valence-electron chi connectivity index (χ0n) is 11.0. The van der Waals surface area contributed by atoms with Crippen molar-refractivity contribution in [3.05, 3.63) is 35.9 Å². The van der Waals surface area contributed by atoms with Crippen molar-refractivity contribution in [1.29, 1.82) is 0 Å². The molecule has 0 aliphatic carbocycles. The van der Waals surface area contributed by atoms with Crippen LogP contribution in [-0.2, 0) is 0 Å². The van der Waals surface area contributed by atoms with E-state index in [0.29, 0.717) is 12.1 Å². The number of rotatable bonds is 3. The molecule has 1 aromatic carbocycles. The molecule has 0 aromatic heterocycles. The third kappa shape index (κ3) is 3.30. The predicted molar refractivity (Wildman–Crippen MR) is 73.1 cm³/mol. The molecule has 0 spiro atoms. The molecule has 17 heavy (non-hydrogen) atoms. The summed E-state index contributed by atoms with van der Waals surface area (Å²) in [6.07, 6.45) is 2.50. The zero-order chi connectivity index (χ0) is 12.1. The second kappa shape index (κ2) is 6.18. The number of nitrogens with zero attached hydrogens (tertiary/aromatic N) is 1. The van der Waals surface area contributed by atoms with Crippen LogP contribution in [0.5, 0.6) is 0 Å². The van der Waals surface area contributed by atoms with Gasteiger partial charge in [0, 0.05) is 18.6 Å². The maximum atomic E-state index is 3.67. The fourth-order valence-electron chi connectivity index (χ4n) is 2.52. The number of nitrogens with one attached hydrogen (secondary N) is 1. The Balaban J connectivity index is 2.07. The average molecular weight is 232 g/mol. The van der Waals surface area contributed by atoms with Crippen molar-refractivity contribution < 1.29 is 0 Å². The SMILES string of the molecule is CCC(C)N1CCCNC(c2ccccc2)C1. The molecule has 1 heterocycles. The van der Waals surface area contributed by atoms with Gasteiger partial charge >= 0.3 is 0 Å². The van der Waals surface area contributed by atoms with Crippen molar-refractivity contribution in [3.8, 4) is 0 Å². The smallest absolute Gasteiger partial charge is 0.0449 e. The minimum atomic E-state index is 0.493. The molecule has 0 radical (unpaired) electrons. The van der Waals surface area contributed by atoms with Gasteiger partial charge in [0.15, 0.2) is 0 Å². The summed E-state index contributed by atoms with van der Waals surface area (Å²) in [5, 5.41) is 3.67. The minimum absolute atomic E-state index is 0.493. The van der Waals surface area contributed by atoms with Crippen LogP contribution in [0, 0.1) is 0 Å². The molecule has 1 aromatic rings. The summed E-state index contributed by atoms with van der Waals surface area (Å²) in [5.74, 6) is 0. The second-order valence-corrected chi connectivity index (χ2v) is 5.02. The van der Waals surface area contributed by atoms with E-state index in [4.69, 9.17) is 0 Å². The molecule has 0 saturated carbocycles. The van der Waals surface area contributed by atoms with Gasteiger partial charge in [-0.15, -0.1) is 0 Å². The molecule has 0 bridgehead atoms. The highest BCUT2D eigenvalue weighted by Gasteiger charge is 2.21. The Morgan fingerprint density at radius 3 is 2.82 bits per heavy atom. The van der Waals surface area contributed by atoms with Crippen molar-refractivity contribution in [3.63, 3.8) is 0 Å². The molecular formula is C15H24N2. The Morgan fingerprint density at radius 2 is 2.12 bits per heavy atom. The molecule has 2 rings (SSSR count). The molecule has 2 heteroatoms. The second-order valence-electron chi connectivity index (χ2n) is 5.02. The van der Waals surface area contributed by atoms with Gasteiger partial charge in [0.2, 0.25) is 0 Å². The molecule has 1 saturated heterocycles. The van der Waals surface area contributed by atoms with Gasteiger partial charge in [-0.3, -0.25) is 4.90 Å². The third-order valence-electron chi connectivity index (χ3n) is 3.85. The van der Waals surface area contributed by atoms with Gasteiger partial charge in [0.25, 0.3) is 0 Å². The predicted octanol–water partition coefficient (Wildman–Crippen LogP) is 2.82. The monoisotopic (exact) mass is 232 g/mol. The fourth-order valence-corrected chi connectivity index (χ4v) is 2.52. The lowest BCUT2D eigenvalue weighted by Crippen LogP contribution is -2.37. The van der Waals surface area contributed by atoms with Crippen molar-refractivity contribution >= 4 is 0 Å². The van der Waals surface area contributed by atoms with Crippen LogP contribution in [0.2, 0.25) is 0 Å². The van der Waals surface area contributed by atoms with Gasteiger partial charge in [-0.1, -0.05) is 37.3 Å². The van der Waals surface area contributed by atoms with Crippen molar-refractivity contribution in [2.24, 2.45) is 0 Å². The van der Waals surface area contributed by atoms with Crippen LogP contribution >= 0.6 is 0 Å². The minimum Gasteiger partial charge on any atom is -0.309 e. The molecule has 2 nitrogen and oxygen atoms in total. The van der Waals surface area contributed by atoms with E-state index >= 15 is 0 Å². The van der Waals surface area contributed by atoms with Crippen LogP contribution in [-0.4, -0.2) is 30.6 Å². The lowest BCUT2D eigenvalue weighted by atomic mass is 10.1. The summed E-state index contributed by atoms with van der Waals surface area (Å²) in [6, 6.07) is 12.0. The van der Waals surface area contributed by atoms with Gasteiger partial charge in [-0.2, -0.15) is 0 Å². The number of hydrogen-bond acceptors (Lipinski definition) is 2. The van der Waals surface area contributed by atoms with Crippen molar-refractivity contribution in [1.82, 2.24) is 10.2 Å². The average Bonchev–Trinajstić information content (AvgIpc) is 2.64. The Hall–Kier alpha value is -0.860. The van der Waals surface area contributed by atoms with E-state index in [0.717, 1.165) is 13.1 Å². The molecule has 1 aliphatic rings. The topological polar surface area (TPSA) is 15.3 Å². The van der Waals surface area contributed by atoms with E-state index in [2.05, 4.69) is 54.4 Å². The Bertz CT molecular complexity index is 323. The quantitative estimate of drug-likeness (QED) is 0.862. The van der Waals surface area contributed by atoms with E-state index in [-0.39, 0.29) is 0 Å². The molecule has 1 fully saturated rings.